The molecule has 0 heterocycles. The summed E-state index contributed by atoms with van der Waals surface area (Å²) in [6.07, 6.45) is 6.62. The molecule has 0 aromatic heterocycles. The first kappa shape index (κ1) is 15.9. The highest BCUT2D eigenvalue weighted by atomic mass is 16.5. The van der Waals surface area contributed by atoms with E-state index in [4.69, 9.17) is 4.74 Å². The first-order chi connectivity index (χ1) is 7.66. The molecule has 98 valence electrons. The van der Waals surface area contributed by atoms with Crippen LogP contribution < -0.4 is 5.32 Å². The van der Waals surface area contributed by atoms with Crippen molar-refractivity contribution in [2.75, 3.05) is 19.7 Å². The Morgan fingerprint density at radius 3 is 2.44 bits per heavy atom. The highest BCUT2D eigenvalue weighted by Gasteiger charge is 1.99. The fourth-order valence-electron chi connectivity index (χ4n) is 1.69. The van der Waals surface area contributed by atoms with Gasteiger partial charge in [0.1, 0.15) is 0 Å². The van der Waals surface area contributed by atoms with Crippen LogP contribution in [0.4, 0.5) is 0 Å². The molecule has 1 unspecified atom stereocenters. The number of unbranched alkanes of at least 4 members (excludes halogenated alkanes) is 2. The predicted molar refractivity (Wildman–Crippen MR) is 71.9 cm³/mol. The molecule has 0 saturated carbocycles. The van der Waals surface area contributed by atoms with Crippen LogP contribution in [0.15, 0.2) is 0 Å². The van der Waals surface area contributed by atoms with Crippen LogP contribution in [0.25, 0.3) is 0 Å². The molecule has 0 amide bonds. The summed E-state index contributed by atoms with van der Waals surface area (Å²) in [5.74, 6) is 0.762. The number of hydrogen-bond acceptors (Lipinski definition) is 2. The van der Waals surface area contributed by atoms with Gasteiger partial charge < -0.3 is 10.1 Å². The normalized spacial score (nSPS) is 13.3. The monoisotopic (exact) mass is 229 g/mol. The third-order valence-electron chi connectivity index (χ3n) is 2.65. The van der Waals surface area contributed by atoms with E-state index in [-0.39, 0.29) is 0 Å². The van der Waals surface area contributed by atoms with Crippen LogP contribution >= 0.6 is 0 Å². The first-order valence-corrected chi connectivity index (χ1v) is 6.99. The molecule has 1 atom stereocenters. The molecule has 0 bridgehead atoms. The van der Waals surface area contributed by atoms with Crippen LogP contribution in [0.2, 0.25) is 0 Å². The Bertz CT molecular complexity index is 137. The molecule has 0 rings (SSSR count). The minimum atomic E-state index is 0.448. The van der Waals surface area contributed by atoms with Gasteiger partial charge in [0, 0.05) is 6.61 Å². The third kappa shape index (κ3) is 12.0. The van der Waals surface area contributed by atoms with Crippen LogP contribution in [0, 0.1) is 5.92 Å². The van der Waals surface area contributed by atoms with Crippen molar-refractivity contribution in [3.63, 3.8) is 0 Å². The highest BCUT2D eigenvalue weighted by Crippen LogP contribution is 2.03. The molecule has 0 aromatic rings. The van der Waals surface area contributed by atoms with Gasteiger partial charge in [-0.1, -0.05) is 27.2 Å². The molecule has 2 heteroatoms. The smallest absolute Gasteiger partial charge is 0.0546 e. The molecular formula is C14H31NO. The van der Waals surface area contributed by atoms with Gasteiger partial charge in [-0.05, 0) is 51.6 Å². The molecule has 0 fully saturated rings. The number of hydrogen-bond donors (Lipinski definition) is 1. The fourth-order valence-corrected chi connectivity index (χ4v) is 1.69. The third-order valence-corrected chi connectivity index (χ3v) is 2.65. The van der Waals surface area contributed by atoms with E-state index in [0.29, 0.717) is 6.10 Å². The second-order valence-electron chi connectivity index (χ2n) is 5.13. The first-order valence-electron chi connectivity index (χ1n) is 6.99. The zero-order valence-corrected chi connectivity index (χ0v) is 11.7. The van der Waals surface area contributed by atoms with Crippen molar-refractivity contribution in [3.8, 4) is 0 Å². The maximum atomic E-state index is 5.71. The van der Waals surface area contributed by atoms with E-state index < -0.39 is 0 Å². The van der Waals surface area contributed by atoms with Crippen LogP contribution in [-0.2, 0) is 4.74 Å². The van der Waals surface area contributed by atoms with Crippen LogP contribution in [0.1, 0.15) is 59.8 Å². The van der Waals surface area contributed by atoms with Crippen molar-refractivity contribution in [2.45, 2.75) is 65.9 Å². The maximum absolute atomic E-state index is 5.71. The highest BCUT2D eigenvalue weighted by molar-refractivity contribution is 4.52. The van der Waals surface area contributed by atoms with Crippen molar-refractivity contribution >= 4 is 0 Å². The van der Waals surface area contributed by atoms with Gasteiger partial charge >= 0.3 is 0 Å². The standard InChI is InChI=1S/C14H31NO/c1-5-9-14(4)16-11-8-6-7-10-15-12-13(2)3/h13-15H,5-12H2,1-4H3. The van der Waals surface area contributed by atoms with Gasteiger partial charge in [0.15, 0.2) is 0 Å². The van der Waals surface area contributed by atoms with Crippen LogP contribution in [-0.4, -0.2) is 25.8 Å². The molecule has 0 aliphatic rings. The summed E-state index contributed by atoms with van der Waals surface area (Å²) in [6, 6.07) is 0. The van der Waals surface area contributed by atoms with Gasteiger partial charge in [-0.3, -0.25) is 0 Å². The summed E-state index contributed by atoms with van der Waals surface area (Å²) in [6.45, 7) is 12.1. The predicted octanol–water partition coefficient (Wildman–Crippen LogP) is 3.61. The Labute approximate surface area is 102 Å². The lowest BCUT2D eigenvalue weighted by Gasteiger charge is -2.11. The largest absolute Gasteiger partial charge is 0.379 e. The minimum absolute atomic E-state index is 0.448. The van der Waals surface area contributed by atoms with E-state index in [1.807, 2.05) is 0 Å². The van der Waals surface area contributed by atoms with Gasteiger partial charge in [-0.2, -0.15) is 0 Å². The molecule has 2 nitrogen and oxygen atoms in total. The lowest BCUT2D eigenvalue weighted by atomic mass is 10.2. The van der Waals surface area contributed by atoms with Crippen molar-refractivity contribution in [1.82, 2.24) is 5.32 Å². The van der Waals surface area contributed by atoms with Crippen molar-refractivity contribution < 1.29 is 4.74 Å². The molecule has 1 N–H and O–H groups in total. The molecule has 0 aliphatic heterocycles. The Morgan fingerprint density at radius 1 is 1.06 bits per heavy atom. The quantitative estimate of drug-likeness (QED) is 0.547. The van der Waals surface area contributed by atoms with Crippen molar-refractivity contribution in [2.24, 2.45) is 5.92 Å². The lowest BCUT2D eigenvalue weighted by Crippen LogP contribution is -2.20. The van der Waals surface area contributed by atoms with E-state index in [9.17, 15) is 0 Å². The summed E-state index contributed by atoms with van der Waals surface area (Å²) < 4.78 is 5.71. The molecule has 0 aromatic carbocycles. The number of nitrogens with one attached hydrogen (secondary N) is 1. The summed E-state index contributed by atoms with van der Waals surface area (Å²) in [5, 5.41) is 3.46. The Morgan fingerprint density at radius 2 is 1.81 bits per heavy atom. The van der Waals surface area contributed by atoms with Gasteiger partial charge in [-0.25, -0.2) is 0 Å². The zero-order valence-electron chi connectivity index (χ0n) is 11.7. The van der Waals surface area contributed by atoms with E-state index in [1.54, 1.807) is 0 Å². The maximum Gasteiger partial charge on any atom is 0.0546 e. The number of rotatable bonds is 11. The Hall–Kier alpha value is -0.0800. The molecule has 0 radical (unpaired) electrons. The minimum Gasteiger partial charge on any atom is -0.379 e. The average molecular weight is 229 g/mol. The average Bonchev–Trinajstić information content (AvgIpc) is 2.22. The van der Waals surface area contributed by atoms with E-state index in [1.165, 1.54) is 32.1 Å². The van der Waals surface area contributed by atoms with Crippen LogP contribution in [0.5, 0.6) is 0 Å². The van der Waals surface area contributed by atoms with E-state index in [2.05, 4.69) is 33.0 Å². The Kier molecular flexibility index (Phi) is 11.3. The van der Waals surface area contributed by atoms with Gasteiger partial charge in [-0.15, -0.1) is 0 Å². The molecule has 16 heavy (non-hydrogen) atoms. The zero-order chi connectivity index (χ0) is 12.2. The van der Waals surface area contributed by atoms with Crippen LogP contribution in [0.3, 0.4) is 0 Å². The molecule has 0 saturated heterocycles. The fraction of sp³-hybridized carbons (Fsp3) is 1.00. The molecular weight excluding hydrogens is 198 g/mol. The van der Waals surface area contributed by atoms with E-state index >= 15 is 0 Å². The Balaban J connectivity index is 3.04. The lowest BCUT2D eigenvalue weighted by molar-refractivity contribution is 0.0571. The van der Waals surface area contributed by atoms with Gasteiger partial charge in [0.2, 0.25) is 0 Å². The van der Waals surface area contributed by atoms with Crippen molar-refractivity contribution in [1.29, 1.82) is 0 Å². The van der Waals surface area contributed by atoms with E-state index in [0.717, 1.165) is 25.6 Å². The second kappa shape index (κ2) is 11.4. The summed E-state index contributed by atoms with van der Waals surface area (Å²) in [5.41, 5.74) is 0. The topological polar surface area (TPSA) is 21.3 Å². The van der Waals surface area contributed by atoms with Gasteiger partial charge in [0.25, 0.3) is 0 Å². The van der Waals surface area contributed by atoms with Crippen molar-refractivity contribution in [3.05, 3.63) is 0 Å². The van der Waals surface area contributed by atoms with Gasteiger partial charge in [0.05, 0.1) is 6.10 Å². The summed E-state index contributed by atoms with van der Waals surface area (Å²) >= 11 is 0. The second-order valence-corrected chi connectivity index (χ2v) is 5.13. The summed E-state index contributed by atoms with van der Waals surface area (Å²) in [7, 11) is 0. The SMILES string of the molecule is CCCC(C)OCCCCCNCC(C)C. The molecule has 0 aliphatic carbocycles. The summed E-state index contributed by atoms with van der Waals surface area (Å²) in [4.78, 5) is 0. The number of ether oxygens (including phenoxy) is 1. The molecule has 0 spiro atoms.